The molecule has 3 aromatic carbocycles. The summed E-state index contributed by atoms with van der Waals surface area (Å²) >= 11 is 9.42. The fraction of sp³-hybridized carbons (Fsp3) is 0.0500. The van der Waals surface area contributed by atoms with Gasteiger partial charge in [-0.3, -0.25) is 4.79 Å². The Labute approximate surface area is 159 Å². The van der Waals surface area contributed by atoms with E-state index in [9.17, 15) is 4.79 Å². The number of rotatable bonds is 5. The van der Waals surface area contributed by atoms with Crippen LogP contribution in [0, 0.1) is 0 Å². The fourth-order valence-electron chi connectivity index (χ4n) is 2.38. The minimum Gasteiger partial charge on any atom is -0.482 e. The Hall–Kier alpha value is -2.30. The van der Waals surface area contributed by atoms with Gasteiger partial charge in [0.05, 0.1) is 5.02 Å². The molecule has 0 heterocycles. The Morgan fingerprint density at radius 2 is 1.72 bits per heavy atom. The average Bonchev–Trinajstić information content (AvgIpc) is 2.62. The highest BCUT2D eigenvalue weighted by Crippen LogP contribution is 2.29. The third kappa shape index (κ3) is 4.62. The maximum absolute atomic E-state index is 12.3. The number of anilines is 1. The molecule has 0 aliphatic heterocycles. The Morgan fingerprint density at radius 1 is 1.00 bits per heavy atom. The van der Waals surface area contributed by atoms with Gasteiger partial charge >= 0.3 is 0 Å². The maximum atomic E-state index is 12.3. The van der Waals surface area contributed by atoms with E-state index in [0.29, 0.717) is 10.8 Å². The highest BCUT2D eigenvalue weighted by molar-refractivity contribution is 9.10. The summed E-state index contributed by atoms with van der Waals surface area (Å²) in [4.78, 5) is 12.3. The van der Waals surface area contributed by atoms with Crippen LogP contribution in [0.1, 0.15) is 0 Å². The highest BCUT2D eigenvalue weighted by Gasteiger charge is 2.10. The van der Waals surface area contributed by atoms with Crippen molar-refractivity contribution in [2.75, 3.05) is 11.9 Å². The molecular weight excluding hydrogens is 402 g/mol. The molecule has 5 heteroatoms. The summed E-state index contributed by atoms with van der Waals surface area (Å²) in [6.45, 7) is -0.121. The van der Waals surface area contributed by atoms with Crippen molar-refractivity contribution in [2.24, 2.45) is 0 Å². The molecule has 0 radical (unpaired) electrons. The highest BCUT2D eigenvalue weighted by atomic mass is 79.9. The van der Waals surface area contributed by atoms with Crippen LogP contribution in [0.25, 0.3) is 11.1 Å². The lowest BCUT2D eigenvalue weighted by Crippen LogP contribution is -2.20. The van der Waals surface area contributed by atoms with Crippen LogP contribution in [-0.2, 0) is 4.79 Å². The zero-order valence-corrected chi connectivity index (χ0v) is 15.5. The first-order valence-electron chi connectivity index (χ1n) is 7.65. The van der Waals surface area contributed by atoms with Gasteiger partial charge in [0, 0.05) is 15.7 Å². The van der Waals surface area contributed by atoms with Crippen molar-refractivity contribution in [1.82, 2.24) is 0 Å². The van der Waals surface area contributed by atoms with E-state index in [2.05, 4.69) is 21.2 Å². The number of hydrogen-bond donors (Lipinski definition) is 1. The smallest absolute Gasteiger partial charge is 0.262 e. The van der Waals surface area contributed by atoms with Gasteiger partial charge in [-0.15, -0.1) is 0 Å². The first-order chi connectivity index (χ1) is 12.1. The third-order valence-electron chi connectivity index (χ3n) is 3.54. The molecule has 0 bridgehead atoms. The fourth-order valence-corrected chi connectivity index (χ4v) is 3.11. The zero-order valence-electron chi connectivity index (χ0n) is 13.2. The van der Waals surface area contributed by atoms with Crippen LogP contribution in [0.5, 0.6) is 5.75 Å². The lowest BCUT2D eigenvalue weighted by Gasteiger charge is -2.12. The third-order valence-corrected chi connectivity index (χ3v) is 4.33. The van der Waals surface area contributed by atoms with Gasteiger partial charge < -0.3 is 10.1 Å². The van der Waals surface area contributed by atoms with Crippen LogP contribution in [0.15, 0.2) is 77.3 Å². The van der Waals surface area contributed by atoms with E-state index in [1.54, 1.807) is 12.1 Å². The topological polar surface area (TPSA) is 38.3 Å². The van der Waals surface area contributed by atoms with E-state index in [1.165, 1.54) is 0 Å². The second-order valence-corrected chi connectivity index (χ2v) is 6.65. The Morgan fingerprint density at radius 3 is 2.48 bits per heavy atom. The summed E-state index contributed by atoms with van der Waals surface area (Å²) in [6, 6.07) is 22.8. The van der Waals surface area contributed by atoms with Gasteiger partial charge in [0.25, 0.3) is 5.91 Å². The Balaban J connectivity index is 1.69. The summed E-state index contributed by atoms with van der Waals surface area (Å²) in [7, 11) is 0. The van der Waals surface area contributed by atoms with Crippen molar-refractivity contribution in [1.29, 1.82) is 0 Å². The van der Waals surface area contributed by atoms with Gasteiger partial charge in [-0.25, -0.2) is 0 Å². The van der Waals surface area contributed by atoms with E-state index in [4.69, 9.17) is 16.3 Å². The van der Waals surface area contributed by atoms with E-state index in [1.807, 2.05) is 60.7 Å². The molecule has 0 aliphatic rings. The van der Waals surface area contributed by atoms with Crippen LogP contribution in [-0.4, -0.2) is 12.5 Å². The van der Waals surface area contributed by atoms with Gasteiger partial charge in [0.15, 0.2) is 6.61 Å². The van der Waals surface area contributed by atoms with Crippen molar-refractivity contribution in [3.05, 3.63) is 82.3 Å². The van der Waals surface area contributed by atoms with Crippen LogP contribution in [0.3, 0.4) is 0 Å². The standard InChI is InChI=1S/C20H15BrClNO2/c21-15-10-11-19(17(22)12-15)25-13-20(24)23-18-9-5-4-8-16(18)14-6-2-1-3-7-14/h1-12H,13H2,(H,23,24). The lowest BCUT2D eigenvalue weighted by atomic mass is 10.0. The molecule has 0 saturated carbocycles. The molecule has 126 valence electrons. The zero-order chi connectivity index (χ0) is 17.6. The normalized spacial score (nSPS) is 10.3. The molecule has 0 aliphatic carbocycles. The molecule has 3 rings (SSSR count). The quantitative estimate of drug-likeness (QED) is 0.572. The minimum absolute atomic E-state index is 0.121. The van der Waals surface area contributed by atoms with Crippen LogP contribution in [0.4, 0.5) is 5.69 Å². The molecule has 0 spiro atoms. The molecule has 0 unspecified atom stereocenters. The summed E-state index contributed by atoms with van der Waals surface area (Å²) in [5.74, 6) is 0.221. The maximum Gasteiger partial charge on any atom is 0.262 e. The molecule has 0 fully saturated rings. The molecular formula is C20H15BrClNO2. The van der Waals surface area contributed by atoms with Crippen LogP contribution < -0.4 is 10.1 Å². The molecule has 3 aromatic rings. The van der Waals surface area contributed by atoms with E-state index in [0.717, 1.165) is 21.3 Å². The van der Waals surface area contributed by atoms with E-state index >= 15 is 0 Å². The molecule has 0 atom stereocenters. The number of ether oxygens (including phenoxy) is 1. The predicted octanol–water partition coefficient (Wildman–Crippen LogP) is 5.79. The van der Waals surface area contributed by atoms with Crippen molar-refractivity contribution in [3.63, 3.8) is 0 Å². The first-order valence-corrected chi connectivity index (χ1v) is 8.83. The van der Waals surface area contributed by atoms with Gasteiger partial charge in [0.2, 0.25) is 0 Å². The second-order valence-electron chi connectivity index (χ2n) is 5.32. The molecule has 3 nitrogen and oxygen atoms in total. The number of halogens is 2. The van der Waals surface area contributed by atoms with Crippen molar-refractivity contribution >= 4 is 39.1 Å². The van der Waals surface area contributed by atoms with Crippen molar-refractivity contribution < 1.29 is 9.53 Å². The molecule has 25 heavy (non-hydrogen) atoms. The Bertz CT molecular complexity index is 884. The molecule has 0 saturated heterocycles. The largest absolute Gasteiger partial charge is 0.482 e. The minimum atomic E-state index is -0.248. The van der Waals surface area contributed by atoms with Gasteiger partial charge in [-0.1, -0.05) is 76.1 Å². The second kappa shape index (κ2) is 8.19. The number of nitrogens with one attached hydrogen (secondary N) is 1. The monoisotopic (exact) mass is 415 g/mol. The van der Waals surface area contributed by atoms with Gasteiger partial charge in [-0.2, -0.15) is 0 Å². The van der Waals surface area contributed by atoms with Crippen LogP contribution >= 0.6 is 27.5 Å². The van der Waals surface area contributed by atoms with E-state index in [-0.39, 0.29) is 12.5 Å². The number of carbonyl (C=O) groups is 1. The summed E-state index contributed by atoms with van der Waals surface area (Å²) in [6.07, 6.45) is 0. The number of hydrogen-bond acceptors (Lipinski definition) is 2. The molecule has 1 N–H and O–H groups in total. The number of benzene rings is 3. The van der Waals surface area contributed by atoms with Crippen LogP contribution in [0.2, 0.25) is 5.02 Å². The number of amides is 1. The molecule has 0 aromatic heterocycles. The summed E-state index contributed by atoms with van der Waals surface area (Å²) in [5, 5.41) is 3.34. The first kappa shape index (κ1) is 17.5. The molecule has 1 amide bonds. The average molecular weight is 417 g/mol. The van der Waals surface area contributed by atoms with Gasteiger partial charge in [0.1, 0.15) is 5.75 Å². The SMILES string of the molecule is O=C(COc1ccc(Br)cc1Cl)Nc1ccccc1-c1ccccc1. The Kier molecular flexibility index (Phi) is 5.74. The summed E-state index contributed by atoms with van der Waals surface area (Å²) < 4.78 is 6.36. The number of carbonyl (C=O) groups excluding carboxylic acids is 1. The predicted molar refractivity (Wildman–Crippen MR) is 105 cm³/mol. The summed E-state index contributed by atoms with van der Waals surface area (Å²) in [5.41, 5.74) is 2.73. The van der Waals surface area contributed by atoms with Crippen molar-refractivity contribution in [2.45, 2.75) is 0 Å². The van der Waals surface area contributed by atoms with Crippen molar-refractivity contribution in [3.8, 4) is 16.9 Å². The lowest BCUT2D eigenvalue weighted by molar-refractivity contribution is -0.118. The van der Waals surface area contributed by atoms with E-state index < -0.39 is 0 Å². The van der Waals surface area contributed by atoms with Gasteiger partial charge in [-0.05, 0) is 29.8 Å². The number of para-hydroxylation sites is 1.